The monoisotopic (exact) mass is 439 g/mol. The summed E-state index contributed by atoms with van der Waals surface area (Å²) in [6.07, 6.45) is 0. The Labute approximate surface area is 185 Å². The lowest BCUT2D eigenvalue weighted by atomic mass is 10.1. The number of nitrogens with zero attached hydrogens (tertiary/aromatic N) is 2. The topological polar surface area (TPSA) is 101 Å². The third-order valence-electron chi connectivity index (χ3n) is 4.75. The fraction of sp³-hybridized carbons (Fsp3) is 0.261. The molecule has 9 heteroatoms. The highest BCUT2D eigenvalue weighted by Crippen LogP contribution is 2.40. The number of anilines is 1. The number of ether oxygens (including phenoxy) is 4. The number of nitrogens with one attached hydrogen (secondary N) is 1. The third-order valence-corrected chi connectivity index (χ3v) is 4.75. The van der Waals surface area contributed by atoms with Crippen molar-refractivity contribution < 1.29 is 23.7 Å². The molecule has 32 heavy (non-hydrogen) atoms. The Morgan fingerprint density at radius 1 is 0.906 bits per heavy atom. The van der Waals surface area contributed by atoms with Gasteiger partial charge in [-0.2, -0.15) is 5.10 Å². The predicted octanol–water partition coefficient (Wildman–Crippen LogP) is 2.89. The van der Waals surface area contributed by atoms with E-state index in [0.717, 1.165) is 10.2 Å². The molecule has 2 aromatic carbocycles. The van der Waals surface area contributed by atoms with E-state index >= 15 is 0 Å². The van der Waals surface area contributed by atoms with E-state index in [1.165, 1.54) is 34.5 Å². The number of carbonyl (C=O) groups excluding carboxylic acids is 1. The lowest BCUT2D eigenvalue weighted by Crippen LogP contribution is -2.29. The van der Waals surface area contributed by atoms with E-state index in [4.69, 9.17) is 18.9 Å². The molecule has 0 atom stereocenters. The Kier molecular flexibility index (Phi) is 6.99. The van der Waals surface area contributed by atoms with Gasteiger partial charge in [0.2, 0.25) is 11.7 Å². The molecule has 0 aliphatic carbocycles. The molecule has 3 rings (SSSR count). The number of aromatic nitrogens is 2. The molecule has 9 nitrogen and oxygen atoms in total. The van der Waals surface area contributed by atoms with Gasteiger partial charge < -0.3 is 24.3 Å². The SMILES string of the molecule is COc1ccc(C)cc1NC(=O)Cn1nc(-c2cc(OC)c(OC)c(OC)c2)ccc1=O. The predicted molar refractivity (Wildman–Crippen MR) is 120 cm³/mol. The van der Waals surface area contributed by atoms with Crippen molar-refractivity contribution >= 4 is 11.6 Å². The number of amides is 1. The summed E-state index contributed by atoms with van der Waals surface area (Å²) in [6, 6.07) is 11.8. The third kappa shape index (κ3) is 4.83. The van der Waals surface area contributed by atoms with Crippen molar-refractivity contribution in [3.05, 3.63) is 58.4 Å². The van der Waals surface area contributed by atoms with Crippen LogP contribution >= 0.6 is 0 Å². The first-order chi connectivity index (χ1) is 15.4. The number of hydrogen-bond donors (Lipinski definition) is 1. The zero-order valence-corrected chi connectivity index (χ0v) is 18.6. The van der Waals surface area contributed by atoms with Crippen LogP contribution < -0.4 is 29.8 Å². The molecule has 0 saturated carbocycles. The molecule has 0 unspecified atom stereocenters. The number of methoxy groups -OCH3 is 4. The van der Waals surface area contributed by atoms with Crippen LogP contribution in [0.15, 0.2) is 47.3 Å². The van der Waals surface area contributed by atoms with E-state index in [9.17, 15) is 9.59 Å². The van der Waals surface area contributed by atoms with Gasteiger partial charge in [0.05, 0.1) is 39.8 Å². The molecule has 1 amide bonds. The number of benzene rings is 2. The van der Waals surface area contributed by atoms with Gasteiger partial charge in [-0.15, -0.1) is 0 Å². The Hall–Kier alpha value is -4.01. The van der Waals surface area contributed by atoms with E-state index in [0.29, 0.717) is 39.9 Å². The lowest BCUT2D eigenvalue weighted by molar-refractivity contribution is -0.117. The number of hydrogen-bond acceptors (Lipinski definition) is 7. The Bertz CT molecular complexity index is 1160. The van der Waals surface area contributed by atoms with Crippen molar-refractivity contribution in [1.29, 1.82) is 0 Å². The maximum Gasteiger partial charge on any atom is 0.267 e. The molecule has 0 fully saturated rings. The number of rotatable bonds is 8. The smallest absolute Gasteiger partial charge is 0.267 e. The largest absolute Gasteiger partial charge is 0.495 e. The fourth-order valence-corrected chi connectivity index (χ4v) is 3.19. The summed E-state index contributed by atoms with van der Waals surface area (Å²) in [5.41, 5.74) is 2.17. The quantitative estimate of drug-likeness (QED) is 0.576. The molecule has 1 N–H and O–H groups in total. The number of aryl methyl sites for hydroxylation is 1. The van der Waals surface area contributed by atoms with Gasteiger partial charge in [-0.05, 0) is 42.8 Å². The van der Waals surface area contributed by atoms with Crippen LogP contribution in [-0.4, -0.2) is 44.1 Å². The van der Waals surface area contributed by atoms with Crippen LogP contribution in [0, 0.1) is 6.92 Å². The summed E-state index contributed by atoms with van der Waals surface area (Å²) in [7, 11) is 6.06. The van der Waals surface area contributed by atoms with Gasteiger partial charge in [0, 0.05) is 11.6 Å². The van der Waals surface area contributed by atoms with Crippen molar-refractivity contribution in [2.75, 3.05) is 33.8 Å². The molecule has 0 aliphatic heterocycles. The highest BCUT2D eigenvalue weighted by atomic mass is 16.5. The second-order valence-corrected chi connectivity index (χ2v) is 6.88. The van der Waals surface area contributed by atoms with Crippen molar-refractivity contribution in [1.82, 2.24) is 9.78 Å². The van der Waals surface area contributed by atoms with Crippen molar-refractivity contribution in [3.8, 4) is 34.3 Å². The van der Waals surface area contributed by atoms with Crippen molar-refractivity contribution in [2.45, 2.75) is 13.5 Å². The van der Waals surface area contributed by atoms with Gasteiger partial charge >= 0.3 is 0 Å². The molecule has 168 valence electrons. The minimum Gasteiger partial charge on any atom is -0.495 e. The number of carbonyl (C=O) groups is 1. The molecule has 1 heterocycles. The van der Waals surface area contributed by atoms with Crippen LogP contribution in [0.5, 0.6) is 23.0 Å². The summed E-state index contributed by atoms with van der Waals surface area (Å²) < 4.78 is 22.5. The van der Waals surface area contributed by atoms with Crippen LogP contribution in [0.3, 0.4) is 0 Å². The summed E-state index contributed by atoms with van der Waals surface area (Å²) >= 11 is 0. The summed E-state index contributed by atoms with van der Waals surface area (Å²) in [6.45, 7) is 1.64. The maximum absolute atomic E-state index is 12.6. The van der Waals surface area contributed by atoms with Crippen LogP contribution in [0.1, 0.15) is 5.56 Å². The molecule has 0 bridgehead atoms. The molecule has 0 aliphatic rings. The molecule has 3 aromatic rings. The highest BCUT2D eigenvalue weighted by Gasteiger charge is 2.16. The molecular formula is C23H25N3O6. The Balaban J connectivity index is 1.91. The van der Waals surface area contributed by atoms with Crippen LogP contribution in [-0.2, 0) is 11.3 Å². The fourth-order valence-electron chi connectivity index (χ4n) is 3.19. The molecule has 0 radical (unpaired) electrons. The van der Waals surface area contributed by atoms with Gasteiger partial charge in [-0.25, -0.2) is 4.68 Å². The van der Waals surface area contributed by atoms with Crippen molar-refractivity contribution in [3.63, 3.8) is 0 Å². The highest BCUT2D eigenvalue weighted by molar-refractivity contribution is 5.92. The zero-order valence-electron chi connectivity index (χ0n) is 18.6. The summed E-state index contributed by atoms with van der Waals surface area (Å²) in [5, 5.41) is 7.12. The molecule has 1 aromatic heterocycles. The zero-order chi connectivity index (χ0) is 23.3. The first-order valence-electron chi connectivity index (χ1n) is 9.73. The van der Waals surface area contributed by atoms with E-state index in [2.05, 4.69) is 10.4 Å². The Morgan fingerprint density at radius 2 is 1.56 bits per heavy atom. The first-order valence-corrected chi connectivity index (χ1v) is 9.73. The second-order valence-electron chi connectivity index (χ2n) is 6.88. The summed E-state index contributed by atoms with van der Waals surface area (Å²) in [5.74, 6) is 1.45. The Morgan fingerprint density at radius 3 is 2.16 bits per heavy atom. The molecule has 0 spiro atoms. The minimum atomic E-state index is -0.412. The van der Waals surface area contributed by atoms with E-state index < -0.39 is 11.5 Å². The minimum absolute atomic E-state index is 0.270. The molecular weight excluding hydrogens is 414 g/mol. The van der Waals surface area contributed by atoms with Crippen LogP contribution in [0.4, 0.5) is 5.69 Å². The maximum atomic E-state index is 12.6. The van der Waals surface area contributed by atoms with Gasteiger partial charge in [0.15, 0.2) is 11.5 Å². The van der Waals surface area contributed by atoms with Crippen molar-refractivity contribution in [2.24, 2.45) is 0 Å². The normalized spacial score (nSPS) is 10.4. The summed E-state index contributed by atoms with van der Waals surface area (Å²) in [4.78, 5) is 25.0. The van der Waals surface area contributed by atoms with Gasteiger partial charge in [-0.1, -0.05) is 6.07 Å². The van der Waals surface area contributed by atoms with Gasteiger partial charge in [-0.3, -0.25) is 9.59 Å². The first kappa shape index (κ1) is 22.7. The average Bonchev–Trinajstić information content (AvgIpc) is 2.79. The van der Waals surface area contributed by atoms with E-state index in [-0.39, 0.29) is 6.54 Å². The lowest BCUT2D eigenvalue weighted by Gasteiger charge is -2.14. The molecule has 0 saturated heterocycles. The van der Waals surface area contributed by atoms with Crippen LogP contribution in [0.2, 0.25) is 0 Å². The van der Waals surface area contributed by atoms with Crippen LogP contribution in [0.25, 0.3) is 11.3 Å². The van der Waals surface area contributed by atoms with Gasteiger partial charge in [0.25, 0.3) is 5.56 Å². The van der Waals surface area contributed by atoms with Gasteiger partial charge in [0.1, 0.15) is 12.3 Å². The second kappa shape index (κ2) is 9.86. The van der Waals surface area contributed by atoms with E-state index in [1.54, 1.807) is 30.3 Å². The standard InChI is InChI=1S/C23H25N3O6/c1-14-6-8-18(29-2)17(10-14)24-21(27)13-26-22(28)9-7-16(25-26)15-11-19(30-3)23(32-5)20(12-15)31-4/h6-12H,13H2,1-5H3,(H,24,27). The average molecular weight is 439 g/mol. The van der Waals surface area contributed by atoms with E-state index in [1.807, 2.05) is 13.0 Å².